The minimum Gasteiger partial charge on any atom is -0.495 e. The summed E-state index contributed by atoms with van der Waals surface area (Å²) < 4.78 is 8.65. The molecule has 1 aromatic heterocycles. The predicted octanol–water partition coefficient (Wildman–Crippen LogP) is 9.87. The van der Waals surface area contributed by atoms with Gasteiger partial charge in [0, 0.05) is 31.5 Å². The third-order valence-corrected chi connectivity index (χ3v) is 16.5. The third kappa shape index (κ3) is 6.43. The summed E-state index contributed by atoms with van der Waals surface area (Å²) in [6.07, 6.45) is 17.0. The number of nitrogens with one attached hydrogen (secondary N) is 1. The van der Waals surface area contributed by atoms with Crippen LogP contribution in [0.15, 0.2) is 37.0 Å². The highest BCUT2D eigenvalue weighted by atomic mass is 16.5. The highest BCUT2D eigenvalue weighted by molar-refractivity contribution is 5.76. The minimum atomic E-state index is -0.774. The van der Waals surface area contributed by atoms with Crippen molar-refractivity contribution in [2.24, 2.45) is 69.1 Å². The fourth-order valence-corrected chi connectivity index (χ4v) is 14.2. The number of amides is 1. The van der Waals surface area contributed by atoms with E-state index in [1.807, 2.05) is 31.7 Å². The van der Waals surface area contributed by atoms with E-state index in [-0.39, 0.29) is 50.9 Å². The monoisotopic (exact) mass is 704 g/mol. The number of aromatic nitrogens is 2. The van der Waals surface area contributed by atoms with Crippen LogP contribution in [-0.4, -0.2) is 32.6 Å². The van der Waals surface area contributed by atoms with Gasteiger partial charge in [-0.05, 0) is 128 Å². The van der Waals surface area contributed by atoms with Crippen LogP contribution in [0.25, 0.3) is 0 Å². The van der Waals surface area contributed by atoms with Crippen molar-refractivity contribution in [1.29, 1.82) is 0 Å². The largest absolute Gasteiger partial charge is 0.495 e. The maximum atomic E-state index is 13.7. The second-order valence-electron chi connectivity index (χ2n) is 20.4. The first kappa shape index (κ1) is 38.2. The van der Waals surface area contributed by atoms with Crippen LogP contribution in [0.4, 0.5) is 0 Å². The molecular formula is C44H69N3O4. The standard InChI is InChI=1S/C44H69N3O4/c1-28(2)31-14-19-44(23-36(48)45-25-30-26-47(11)27-46-30)21-20-42(9)32(38(31)44)12-13-34-41(8)17-16-35(40(6,7)33(41)15-18-43(34,42)10)51-29(3)22-39(4,5)24-37(49)50/h26-27,31-35,38H,1,3,12-25H2,2,4-11H3,(H,45,48)(H,49,50)/t31?,32-,33?,34?,35+,38?,41+,42-,43-,44-/m1/s1. The van der Waals surface area contributed by atoms with Gasteiger partial charge >= 0.3 is 5.97 Å². The molecule has 10 atom stereocenters. The molecule has 5 aliphatic rings. The maximum absolute atomic E-state index is 13.7. The van der Waals surface area contributed by atoms with Gasteiger partial charge in [0.25, 0.3) is 0 Å². The number of imidazole rings is 1. The molecule has 2 N–H and O–H groups in total. The number of ether oxygens (including phenoxy) is 1. The van der Waals surface area contributed by atoms with Crippen LogP contribution >= 0.6 is 0 Å². The summed E-state index contributed by atoms with van der Waals surface area (Å²) in [5.74, 6) is 2.95. The molecule has 4 unspecified atom stereocenters. The van der Waals surface area contributed by atoms with Gasteiger partial charge in [-0.3, -0.25) is 9.59 Å². The number of hydrogen-bond acceptors (Lipinski definition) is 4. The molecule has 6 rings (SSSR count). The molecule has 0 bridgehead atoms. The third-order valence-electron chi connectivity index (χ3n) is 16.5. The predicted molar refractivity (Wildman–Crippen MR) is 203 cm³/mol. The number of fused-ring (bicyclic) bond motifs is 7. The van der Waals surface area contributed by atoms with Gasteiger partial charge in [-0.2, -0.15) is 0 Å². The van der Waals surface area contributed by atoms with Crippen molar-refractivity contribution < 1.29 is 19.4 Å². The molecule has 0 radical (unpaired) electrons. The fourth-order valence-electron chi connectivity index (χ4n) is 14.2. The lowest BCUT2D eigenvalue weighted by molar-refractivity contribution is -0.249. The van der Waals surface area contributed by atoms with Gasteiger partial charge in [-0.1, -0.05) is 67.2 Å². The summed E-state index contributed by atoms with van der Waals surface area (Å²) in [6, 6.07) is 0. The van der Waals surface area contributed by atoms with Gasteiger partial charge in [0.15, 0.2) is 0 Å². The van der Waals surface area contributed by atoms with Crippen molar-refractivity contribution in [3.05, 3.63) is 42.7 Å². The number of aliphatic carboxylic acids is 1. The SMILES string of the molecule is C=C(CC(C)(C)CC(=O)O)O[C@H]1CC[C@@]2(C)C(CC[C@]3(C)C2CC[C@@H]2C4C(C(=C)C)CC[C@]4(CC(=O)NCc4cn(C)cn4)CC[C@]23C)C1(C)C. The van der Waals surface area contributed by atoms with Crippen LogP contribution in [-0.2, 0) is 27.9 Å². The van der Waals surface area contributed by atoms with Gasteiger partial charge in [-0.25, -0.2) is 4.98 Å². The summed E-state index contributed by atoms with van der Waals surface area (Å²) in [4.78, 5) is 29.6. The number of carboxylic acid groups (broad SMARTS) is 1. The van der Waals surface area contributed by atoms with E-state index < -0.39 is 5.97 Å². The first-order valence-electron chi connectivity index (χ1n) is 20.1. The van der Waals surface area contributed by atoms with Crippen molar-refractivity contribution >= 4 is 11.9 Å². The van der Waals surface area contributed by atoms with Crippen molar-refractivity contribution in [3.8, 4) is 0 Å². The van der Waals surface area contributed by atoms with Gasteiger partial charge in [0.1, 0.15) is 6.10 Å². The summed E-state index contributed by atoms with van der Waals surface area (Å²) in [5, 5.41) is 12.7. The number of allylic oxidation sites excluding steroid dienone is 2. The van der Waals surface area contributed by atoms with E-state index in [1.54, 1.807) is 6.33 Å². The van der Waals surface area contributed by atoms with E-state index >= 15 is 0 Å². The molecule has 1 heterocycles. The van der Waals surface area contributed by atoms with Crippen molar-refractivity contribution in [2.75, 3.05) is 0 Å². The molecule has 1 aromatic rings. The zero-order valence-corrected chi connectivity index (χ0v) is 33.5. The van der Waals surface area contributed by atoms with Crippen LogP contribution in [0.5, 0.6) is 0 Å². The van der Waals surface area contributed by atoms with Gasteiger partial charge in [0.05, 0.1) is 30.7 Å². The van der Waals surface area contributed by atoms with Gasteiger partial charge in [-0.15, -0.1) is 0 Å². The summed E-state index contributed by atoms with van der Waals surface area (Å²) in [6.45, 7) is 28.5. The minimum absolute atomic E-state index is 0.00713. The summed E-state index contributed by atoms with van der Waals surface area (Å²) in [5.41, 5.74) is 2.57. The van der Waals surface area contributed by atoms with Crippen LogP contribution in [0, 0.1) is 62.1 Å². The molecule has 0 aliphatic heterocycles. The molecule has 5 saturated carbocycles. The number of carbonyl (C=O) groups excluding carboxylic acids is 1. The second kappa shape index (κ2) is 13.1. The van der Waals surface area contributed by atoms with Crippen LogP contribution in [0.3, 0.4) is 0 Å². The number of aryl methyl sites for hydroxylation is 1. The Labute approximate surface area is 308 Å². The highest BCUT2D eigenvalue weighted by Gasteiger charge is 2.71. The molecule has 5 aliphatic carbocycles. The highest BCUT2D eigenvalue weighted by Crippen LogP contribution is 2.78. The average Bonchev–Trinajstić information content (AvgIpc) is 3.60. The maximum Gasteiger partial charge on any atom is 0.303 e. The zero-order chi connectivity index (χ0) is 37.4. The van der Waals surface area contributed by atoms with Crippen LogP contribution in [0.1, 0.15) is 145 Å². The second-order valence-corrected chi connectivity index (χ2v) is 20.4. The molecule has 51 heavy (non-hydrogen) atoms. The summed E-state index contributed by atoms with van der Waals surface area (Å²) in [7, 11) is 1.97. The fraction of sp³-hybridized carbons (Fsp3) is 0.795. The molecule has 7 nitrogen and oxygen atoms in total. The number of hydrogen-bond donors (Lipinski definition) is 2. The number of rotatable bonds is 11. The molecule has 0 spiro atoms. The van der Waals surface area contributed by atoms with E-state index in [9.17, 15) is 14.7 Å². The van der Waals surface area contributed by atoms with E-state index in [1.165, 1.54) is 37.7 Å². The molecule has 5 fully saturated rings. The lowest BCUT2D eigenvalue weighted by Gasteiger charge is -2.73. The van der Waals surface area contributed by atoms with Crippen molar-refractivity contribution in [2.45, 2.75) is 152 Å². The quantitative estimate of drug-likeness (QED) is 0.177. The summed E-state index contributed by atoms with van der Waals surface area (Å²) >= 11 is 0. The Balaban J connectivity index is 1.21. The Morgan fingerprint density at radius 2 is 1.69 bits per heavy atom. The van der Waals surface area contributed by atoms with Crippen LogP contribution < -0.4 is 5.32 Å². The number of carboxylic acids is 1. The Hall–Kier alpha value is -2.57. The Bertz CT molecular complexity index is 1540. The van der Waals surface area contributed by atoms with E-state index in [2.05, 4.69) is 65.0 Å². The molecule has 284 valence electrons. The van der Waals surface area contributed by atoms with E-state index in [4.69, 9.17) is 4.74 Å². The Kier molecular flexibility index (Phi) is 9.78. The Morgan fingerprint density at radius 3 is 2.33 bits per heavy atom. The molecule has 1 amide bonds. The smallest absolute Gasteiger partial charge is 0.303 e. The Morgan fingerprint density at radius 1 is 0.961 bits per heavy atom. The topological polar surface area (TPSA) is 93.5 Å². The first-order chi connectivity index (χ1) is 23.7. The van der Waals surface area contributed by atoms with E-state index in [0.29, 0.717) is 49.0 Å². The van der Waals surface area contributed by atoms with Crippen LogP contribution in [0.2, 0.25) is 0 Å². The number of carbonyl (C=O) groups is 2. The van der Waals surface area contributed by atoms with Gasteiger partial charge < -0.3 is 19.7 Å². The first-order valence-corrected chi connectivity index (χ1v) is 20.1. The lowest BCUT2D eigenvalue weighted by atomic mass is 9.32. The lowest BCUT2D eigenvalue weighted by Crippen LogP contribution is -2.66. The van der Waals surface area contributed by atoms with E-state index in [0.717, 1.165) is 43.6 Å². The normalized spacial score (nSPS) is 39.9. The zero-order valence-electron chi connectivity index (χ0n) is 33.5. The van der Waals surface area contributed by atoms with Gasteiger partial charge in [0.2, 0.25) is 5.91 Å². The molecule has 0 aromatic carbocycles. The number of nitrogens with zero attached hydrogens (tertiary/aromatic N) is 2. The van der Waals surface area contributed by atoms with Crippen molar-refractivity contribution in [3.63, 3.8) is 0 Å². The molecule has 7 heteroatoms. The van der Waals surface area contributed by atoms with Crippen molar-refractivity contribution in [1.82, 2.24) is 14.9 Å². The average molecular weight is 704 g/mol. The molecular weight excluding hydrogens is 635 g/mol. The molecule has 0 saturated heterocycles.